The van der Waals surface area contributed by atoms with Gasteiger partial charge in [-0.1, -0.05) is 43.3 Å². The van der Waals surface area contributed by atoms with Crippen LogP contribution in [-0.4, -0.2) is 28.9 Å². The lowest BCUT2D eigenvalue weighted by molar-refractivity contribution is -0.118. The maximum absolute atomic E-state index is 12.6. The first-order chi connectivity index (χ1) is 13.3. The van der Waals surface area contributed by atoms with Crippen molar-refractivity contribution in [2.45, 2.75) is 46.1 Å². The fourth-order valence-corrected chi connectivity index (χ4v) is 4.40. The second-order valence-corrected chi connectivity index (χ2v) is 8.16. The van der Waals surface area contributed by atoms with Crippen molar-refractivity contribution in [2.24, 2.45) is 17.8 Å². The van der Waals surface area contributed by atoms with Crippen LogP contribution in [0, 0.1) is 17.8 Å². The quantitative estimate of drug-likeness (QED) is 0.537. The Kier molecular flexibility index (Phi) is 6.21. The number of nitrogens with one attached hydrogen (secondary N) is 1. The van der Waals surface area contributed by atoms with E-state index in [0.717, 1.165) is 30.4 Å². The van der Waals surface area contributed by atoms with Crippen molar-refractivity contribution in [2.75, 3.05) is 0 Å². The Balaban J connectivity index is 1.62. The lowest BCUT2D eigenvalue weighted by atomic mass is 9.80. The molecule has 1 amide bonds. The number of rotatable bonds is 5. The normalized spacial score (nSPS) is 24.6. The molecule has 0 radical (unpaired) electrons. The summed E-state index contributed by atoms with van der Waals surface area (Å²) in [5, 5.41) is 21.2. The molecule has 0 heterocycles. The summed E-state index contributed by atoms with van der Waals surface area (Å²) >= 11 is 0. The number of allylic oxidation sites excluding steroid dienone is 2. The Morgan fingerprint density at radius 3 is 2.54 bits per heavy atom. The van der Waals surface area contributed by atoms with Crippen LogP contribution < -0.4 is 10.8 Å². The summed E-state index contributed by atoms with van der Waals surface area (Å²) in [5.74, 6) is 0.936. The highest BCUT2D eigenvalue weighted by Gasteiger charge is 2.37. The van der Waals surface area contributed by atoms with Crippen molar-refractivity contribution in [1.82, 2.24) is 5.32 Å². The zero-order valence-corrected chi connectivity index (χ0v) is 16.6. The average Bonchev–Trinajstić information content (AvgIpc) is 2.86. The molecule has 1 aromatic rings. The number of fused-ring (bicyclic) bond motifs is 1. The van der Waals surface area contributed by atoms with Gasteiger partial charge in [-0.15, -0.1) is 0 Å². The molecule has 6 heteroatoms. The summed E-state index contributed by atoms with van der Waals surface area (Å²) in [6.07, 6.45) is 3.28. The molecule has 1 fully saturated rings. The lowest BCUT2D eigenvalue weighted by Crippen LogP contribution is -2.30. The molecule has 3 N–H and O–H groups in total. The summed E-state index contributed by atoms with van der Waals surface area (Å²) in [5.41, 5.74) is 3.99. The zero-order chi connectivity index (χ0) is 20.4. The van der Waals surface area contributed by atoms with Crippen molar-refractivity contribution >= 4 is 24.3 Å². The van der Waals surface area contributed by atoms with Gasteiger partial charge in [0.05, 0.1) is 0 Å². The first kappa shape index (κ1) is 20.6. The van der Waals surface area contributed by atoms with E-state index in [9.17, 15) is 9.59 Å². The maximum atomic E-state index is 12.6. The topological polar surface area (TPSA) is 86.6 Å². The van der Waals surface area contributed by atoms with E-state index in [0.29, 0.717) is 35.8 Å². The van der Waals surface area contributed by atoms with Crippen LogP contribution in [0.2, 0.25) is 0 Å². The highest BCUT2D eigenvalue weighted by molar-refractivity contribution is 6.58. The van der Waals surface area contributed by atoms with Gasteiger partial charge < -0.3 is 15.4 Å². The fraction of sp³-hybridized carbons (Fsp3) is 0.455. The fourth-order valence-electron chi connectivity index (χ4n) is 4.40. The molecule has 0 aliphatic heterocycles. The first-order valence-corrected chi connectivity index (χ1v) is 9.92. The van der Waals surface area contributed by atoms with E-state index in [-0.39, 0.29) is 17.6 Å². The molecule has 2 aliphatic carbocycles. The van der Waals surface area contributed by atoms with E-state index in [1.165, 1.54) is 5.57 Å². The largest absolute Gasteiger partial charge is 0.488 e. The number of carbonyl (C=O) groups is 2. The number of Topliss-reactive ketones (excluding diaryl/α,β-unsaturated/α-hetero) is 1. The monoisotopic (exact) mass is 381 g/mol. The van der Waals surface area contributed by atoms with Crippen molar-refractivity contribution in [3.05, 3.63) is 53.1 Å². The van der Waals surface area contributed by atoms with Gasteiger partial charge in [0.25, 0.3) is 0 Å². The standard InChI is InChI=1S/C22H28BNO4/c1-13-4-7-17(10-20-15(3)21(25)11-19(13)20)14(2)22(26)24-12-16-5-8-18(9-6-16)23(27)28/h5-6,8-9,13,17,19,27-28H,2,4,7,10-12H2,1,3H3,(H,24,26)/t13-,17+,19-/m0/s1. The summed E-state index contributed by atoms with van der Waals surface area (Å²) in [4.78, 5) is 24.8. The lowest BCUT2D eigenvalue weighted by Gasteiger charge is -2.19. The van der Waals surface area contributed by atoms with Gasteiger partial charge >= 0.3 is 7.12 Å². The van der Waals surface area contributed by atoms with Crippen LogP contribution in [0.3, 0.4) is 0 Å². The van der Waals surface area contributed by atoms with Crippen LogP contribution >= 0.6 is 0 Å². The summed E-state index contributed by atoms with van der Waals surface area (Å²) in [7, 11) is -1.50. The molecule has 0 saturated heterocycles. The van der Waals surface area contributed by atoms with Crippen molar-refractivity contribution in [3.8, 4) is 0 Å². The number of carbonyl (C=O) groups excluding carboxylic acids is 2. The summed E-state index contributed by atoms with van der Waals surface area (Å²) < 4.78 is 0. The molecule has 0 bridgehead atoms. The number of ketones is 1. The Hall–Kier alpha value is -2.18. The van der Waals surface area contributed by atoms with Crippen LogP contribution in [0.5, 0.6) is 0 Å². The Morgan fingerprint density at radius 1 is 1.21 bits per heavy atom. The third-order valence-corrected chi connectivity index (χ3v) is 6.39. The molecule has 0 aromatic heterocycles. The number of amides is 1. The van der Waals surface area contributed by atoms with E-state index < -0.39 is 7.12 Å². The second-order valence-electron chi connectivity index (χ2n) is 8.16. The predicted molar refractivity (Wildman–Crippen MR) is 110 cm³/mol. The third kappa shape index (κ3) is 4.28. The molecule has 2 aliphatic rings. The van der Waals surface area contributed by atoms with Gasteiger partial charge in [-0.3, -0.25) is 9.59 Å². The first-order valence-electron chi connectivity index (χ1n) is 9.92. The SMILES string of the molecule is C=C(C(=O)NCc1ccc(B(O)O)cc1)[C@@H]1CC[C@H](C)[C@@H]2CC(=O)C(C)=C2C1. The number of hydrogen-bond donors (Lipinski definition) is 3. The Bertz CT molecular complexity index is 812. The highest BCUT2D eigenvalue weighted by atomic mass is 16.4. The van der Waals surface area contributed by atoms with Crippen LogP contribution in [0.15, 0.2) is 47.6 Å². The molecule has 0 spiro atoms. The second kappa shape index (κ2) is 8.45. The van der Waals surface area contributed by atoms with Gasteiger partial charge in [0.15, 0.2) is 5.78 Å². The van der Waals surface area contributed by atoms with E-state index in [4.69, 9.17) is 10.0 Å². The van der Waals surface area contributed by atoms with E-state index in [2.05, 4.69) is 18.8 Å². The molecule has 1 saturated carbocycles. The minimum atomic E-state index is -1.50. The highest BCUT2D eigenvalue weighted by Crippen LogP contribution is 2.45. The number of benzene rings is 1. The van der Waals surface area contributed by atoms with E-state index in [1.54, 1.807) is 24.3 Å². The molecule has 1 aromatic carbocycles. The Morgan fingerprint density at radius 2 is 1.89 bits per heavy atom. The van der Waals surface area contributed by atoms with Crippen molar-refractivity contribution in [1.29, 1.82) is 0 Å². The smallest absolute Gasteiger partial charge is 0.423 e. The number of hydrogen-bond acceptors (Lipinski definition) is 4. The molecule has 3 rings (SSSR count). The van der Waals surface area contributed by atoms with E-state index >= 15 is 0 Å². The van der Waals surface area contributed by atoms with Gasteiger partial charge in [-0.2, -0.15) is 0 Å². The molecule has 3 atom stereocenters. The molecule has 148 valence electrons. The minimum Gasteiger partial charge on any atom is -0.423 e. The summed E-state index contributed by atoms with van der Waals surface area (Å²) in [6.45, 7) is 8.54. The molecule has 0 unspecified atom stereocenters. The molecular formula is C22H28BNO4. The van der Waals surface area contributed by atoms with Gasteiger partial charge in [0.1, 0.15) is 0 Å². The minimum absolute atomic E-state index is 0.0650. The maximum Gasteiger partial charge on any atom is 0.488 e. The van der Waals surface area contributed by atoms with Gasteiger partial charge in [-0.25, -0.2) is 0 Å². The zero-order valence-electron chi connectivity index (χ0n) is 16.6. The summed E-state index contributed by atoms with van der Waals surface area (Å²) in [6, 6.07) is 6.77. The Labute approximate surface area is 166 Å². The average molecular weight is 381 g/mol. The molecular weight excluding hydrogens is 353 g/mol. The van der Waals surface area contributed by atoms with Crippen molar-refractivity contribution in [3.63, 3.8) is 0 Å². The van der Waals surface area contributed by atoms with Crippen LogP contribution in [0.1, 0.15) is 45.1 Å². The van der Waals surface area contributed by atoms with Crippen LogP contribution in [0.4, 0.5) is 0 Å². The molecule has 28 heavy (non-hydrogen) atoms. The predicted octanol–water partition coefficient (Wildman–Crippen LogP) is 1.88. The third-order valence-electron chi connectivity index (χ3n) is 6.39. The van der Waals surface area contributed by atoms with Gasteiger partial charge in [-0.05, 0) is 60.5 Å². The van der Waals surface area contributed by atoms with Gasteiger partial charge in [0, 0.05) is 18.5 Å². The van der Waals surface area contributed by atoms with E-state index in [1.807, 2.05) is 6.92 Å². The van der Waals surface area contributed by atoms with Crippen LogP contribution in [-0.2, 0) is 16.1 Å². The van der Waals surface area contributed by atoms with Gasteiger partial charge in [0.2, 0.25) is 5.91 Å². The van der Waals surface area contributed by atoms with Crippen molar-refractivity contribution < 1.29 is 19.6 Å². The molecule has 5 nitrogen and oxygen atoms in total. The van der Waals surface area contributed by atoms with Crippen LogP contribution in [0.25, 0.3) is 0 Å².